The van der Waals surface area contributed by atoms with Crippen LogP contribution in [0.25, 0.3) is 0 Å². The van der Waals surface area contributed by atoms with E-state index in [1.165, 1.54) is 24.8 Å². The summed E-state index contributed by atoms with van der Waals surface area (Å²) in [5.41, 5.74) is 2.67. The van der Waals surface area contributed by atoms with E-state index in [2.05, 4.69) is 37.9 Å². The minimum atomic E-state index is 0.245. The lowest BCUT2D eigenvalue weighted by molar-refractivity contribution is 0.110. The van der Waals surface area contributed by atoms with Crippen LogP contribution in [0.2, 0.25) is 0 Å². The second-order valence-electron chi connectivity index (χ2n) is 8.27. The van der Waals surface area contributed by atoms with Gasteiger partial charge in [-0.2, -0.15) is 0 Å². The second-order valence-corrected chi connectivity index (χ2v) is 8.27. The molecule has 0 bridgehead atoms. The molecule has 142 valence electrons. The van der Waals surface area contributed by atoms with Gasteiger partial charge in [0.05, 0.1) is 25.9 Å². The van der Waals surface area contributed by atoms with E-state index in [-0.39, 0.29) is 6.10 Å². The zero-order valence-corrected chi connectivity index (χ0v) is 17.1. The highest BCUT2D eigenvalue weighted by atomic mass is 16.5. The summed E-state index contributed by atoms with van der Waals surface area (Å²) in [5, 5.41) is 0. The summed E-state index contributed by atoms with van der Waals surface area (Å²) in [6.07, 6.45) is 5.17. The van der Waals surface area contributed by atoms with Gasteiger partial charge in [0, 0.05) is 5.71 Å². The fourth-order valence-corrected chi connectivity index (χ4v) is 2.37. The van der Waals surface area contributed by atoms with Gasteiger partial charge in [-0.1, -0.05) is 45.7 Å². The number of hydrogen-bond donors (Lipinski definition) is 0. The second kappa shape index (κ2) is 11.3. The Morgan fingerprint density at radius 3 is 2.32 bits per heavy atom. The highest BCUT2D eigenvalue weighted by molar-refractivity contribution is 5.83. The third-order valence-corrected chi connectivity index (χ3v) is 3.92. The number of rotatable bonds is 11. The fraction of sp³-hybridized carbons (Fsp3) is 0.682. The van der Waals surface area contributed by atoms with E-state index in [0.717, 1.165) is 24.5 Å². The smallest absolute Gasteiger partial charge is 0.119 e. The molecule has 0 N–H and O–H groups in total. The monoisotopic (exact) mass is 347 g/mol. The van der Waals surface area contributed by atoms with E-state index in [0.29, 0.717) is 18.6 Å². The van der Waals surface area contributed by atoms with Crippen LogP contribution in [0, 0.1) is 5.41 Å². The molecule has 25 heavy (non-hydrogen) atoms. The third-order valence-electron chi connectivity index (χ3n) is 3.92. The molecule has 0 amide bonds. The zero-order valence-electron chi connectivity index (χ0n) is 17.1. The van der Waals surface area contributed by atoms with Gasteiger partial charge in [-0.15, -0.1) is 0 Å². The summed E-state index contributed by atoms with van der Waals surface area (Å²) in [6, 6.07) is 8.27. The van der Waals surface area contributed by atoms with E-state index in [1.54, 1.807) is 0 Å². The summed E-state index contributed by atoms with van der Waals surface area (Å²) in [4.78, 5) is 4.56. The van der Waals surface area contributed by atoms with Crippen LogP contribution in [0.15, 0.2) is 29.3 Å². The summed E-state index contributed by atoms with van der Waals surface area (Å²) in [6.45, 7) is 15.1. The predicted molar refractivity (Wildman–Crippen MR) is 108 cm³/mol. The van der Waals surface area contributed by atoms with Crippen molar-refractivity contribution < 1.29 is 9.47 Å². The van der Waals surface area contributed by atoms with Crippen LogP contribution in [-0.4, -0.2) is 25.0 Å². The highest BCUT2D eigenvalue weighted by Gasteiger charge is 2.08. The molecule has 0 radical (unpaired) electrons. The van der Waals surface area contributed by atoms with Crippen molar-refractivity contribution in [3.8, 4) is 5.75 Å². The number of ether oxygens (including phenoxy) is 2. The van der Waals surface area contributed by atoms with Crippen molar-refractivity contribution in [3.05, 3.63) is 29.8 Å². The maximum Gasteiger partial charge on any atom is 0.119 e. The third kappa shape index (κ3) is 11.8. The molecule has 0 heterocycles. The normalized spacial score (nSPS) is 12.7. The van der Waals surface area contributed by atoms with Gasteiger partial charge in [-0.3, -0.25) is 4.99 Å². The average molecular weight is 348 g/mol. The van der Waals surface area contributed by atoms with Crippen molar-refractivity contribution in [2.45, 2.75) is 79.9 Å². The Balaban J connectivity index is 2.24. The molecule has 0 aromatic heterocycles. The molecule has 0 spiro atoms. The molecule has 0 saturated heterocycles. The molecule has 0 unspecified atom stereocenters. The van der Waals surface area contributed by atoms with Gasteiger partial charge in [0.15, 0.2) is 0 Å². The summed E-state index contributed by atoms with van der Waals surface area (Å²) in [7, 11) is 0. The molecule has 1 aromatic rings. The Kier molecular flexibility index (Phi) is 9.81. The zero-order chi connectivity index (χ0) is 18.7. The number of unbranched alkanes of at least 4 members (excludes halogenated alkanes) is 2. The van der Waals surface area contributed by atoms with E-state index in [9.17, 15) is 0 Å². The number of nitrogens with zero attached hydrogens (tertiary/aromatic N) is 1. The van der Waals surface area contributed by atoms with Crippen molar-refractivity contribution in [3.63, 3.8) is 0 Å². The van der Waals surface area contributed by atoms with Crippen LogP contribution in [0.3, 0.4) is 0 Å². The van der Waals surface area contributed by atoms with Gasteiger partial charge >= 0.3 is 0 Å². The first-order valence-corrected chi connectivity index (χ1v) is 9.59. The predicted octanol–water partition coefficient (Wildman–Crippen LogP) is 6.06. The molecule has 0 atom stereocenters. The van der Waals surface area contributed by atoms with E-state index < -0.39 is 0 Å². The minimum absolute atomic E-state index is 0.245. The Bertz CT molecular complexity index is 498. The Hall–Kier alpha value is -1.35. The average Bonchev–Trinajstić information content (AvgIpc) is 2.54. The number of hydrogen-bond acceptors (Lipinski definition) is 3. The van der Waals surface area contributed by atoms with Crippen molar-refractivity contribution in [2.75, 3.05) is 13.2 Å². The van der Waals surface area contributed by atoms with Crippen LogP contribution in [0.4, 0.5) is 0 Å². The molecule has 1 rings (SSSR count). The van der Waals surface area contributed by atoms with Gasteiger partial charge in [-0.05, 0) is 56.7 Å². The van der Waals surface area contributed by atoms with Crippen LogP contribution < -0.4 is 4.74 Å². The van der Waals surface area contributed by atoms with Crippen molar-refractivity contribution >= 4 is 5.71 Å². The molecule has 0 fully saturated rings. The SMILES string of the molecule is CC(COC(C)C)=NCc1ccc(OCCCCCC(C)(C)C)cc1. The number of aliphatic imine (C=N–C) groups is 1. The van der Waals surface area contributed by atoms with Crippen molar-refractivity contribution in [2.24, 2.45) is 10.4 Å². The highest BCUT2D eigenvalue weighted by Crippen LogP contribution is 2.22. The van der Waals surface area contributed by atoms with Gasteiger partial charge in [0.25, 0.3) is 0 Å². The molecular formula is C22H37NO2. The molecule has 0 aliphatic carbocycles. The fourth-order valence-electron chi connectivity index (χ4n) is 2.37. The quantitative estimate of drug-likeness (QED) is 0.360. The van der Waals surface area contributed by atoms with E-state index in [1.807, 2.05) is 32.9 Å². The lowest BCUT2D eigenvalue weighted by Crippen LogP contribution is -2.10. The van der Waals surface area contributed by atoms with Crippen LogP contribution in [0.5, 0.6) is 5.75 Å². The lowest BCUT2D eigenvalue weighted by Gasteiger charge is -2.17. The lowest BCUT2D eigenvalue weighted by atomic mass is 9.89. The first-order valence-electron chi connectivity index (χ1n) is 9.59. The van der Waals surface area contributed by atoms with Crippen molar-refractivity contribution in [1.29, 1.82) is 0 Å². The summed E-state index contributed by atoms with van der Waals surface area (Å²) in [5.74, 6) is 0.948. The summed E-state index contributed by atoms with van der Waals surface area (Å²) < 4.78 is 11.4. The van der Waals surface area contributed by atoms with E-state index in [4.69, 9.17) is 9.47 Å². The maximum absolute atomic E-state index is 5.83. The topological polar surface area (TPSA) is 30.8 Å². The van der Waals surface area contributed by atoms with Crippen LogP contribution >= 0.6 is 0 Å². The summed E-state index contributed by atoms with van der Waals surface area (Å²) >= 11 is 0. The standard InChI is InChI=1S/C22H37NO2/c1-18(2)25-17-19(3)23-16-20-10-12-21(13-11-20)24-15-9-7-8-14-22(4,5)6/h10-13,18H,7-9,14-17H2,1-6H3. The number of benzene rings is 1. The van der Waals surface area contributed by atoms with Crippen LogP contribution in [0.1, 0.15) is 72.8 Å². The molecule has 0 aliphatic heterocycles. The molecule has 3 heteroatoms. The molecule has 0 aliphatic rings. The van der Waals surface area contributed by atoms with Gasteiger partial charge < -0.3 is 9.47 Å². The Morgan fingerprint density at radius 2 is 1.72 bits per heavy atom. The molecular weight excluding hydrogens is 310 g/mol. The Morgan fingerprint density at radius 1 is 1.04 bits per heavy atom. The minimum Gasteiger partial charge on any atom is -0.494 e. The first-order chi connectivity index (χ1) is 11.8. The van der Waals surface area contributed by atoms with E-state index >= 15 is 0 Å². The van der Waals surface area contributed by atoms with Crippen LogP contribution in [-0.2, 0) is 11.3 Å². The largest absolute Gasteiger partial charge is 0.494 e. The molecule has 3 nitrogen and oxygen atoms in total. The molecule has 0 saturated carbocycles. The first kappa shape index (κ1) is 21.7. The van der Waals surface area contributed by atoms with Gasteiger partial charge in [-0.25, -0.2) is 0 Å². The van der Waals surface area contributed by atoms with Crippen molar-refractivity contribution in [1.82, 2.24) is 0 Å². The molecule has 1 aromatic carbocycles. The van der Waals surface area contributed by atoms with Gasteiger partial charge in [0.2, 0.25) is 0 Å². The van der Waals surface area contributed by atoms with Gasteiger partial charge in [0.1, 0.15) is 5.75 Å². The Labute approximate surface area is 154 Å². The maximum atomic E-state index is 5.83.